The third-order valence-electron chi connectivity index (χ3n) is 7.41. The Bertz CT molecular complexity index is 1240. The van der Waals surface area contributed by atoms with E-state index in [1.807, 2.05) is 19.9 Å². The molecular weight excluding hydrogens is 508 g/mol. The predicted molar refractivity (Wildman–Crippen MR) is 139 cm³/mol. The molecule has 2 aliphatic rings. The van der Waals surface area contributed by atoms with Crippen LogP contribution in [0.15, 0.2) is 36.4 Å². The maximum Gasteiger partial charge on any atom is 0.331 e. The van der Waals surface area contributed by atoms with Crippen LogP contribution in [0, 0.1) is 19.8 Å². The molecule has 7 atom stereocenters. The largest absolute Gasteiger partial charge is 0.508 e. The summed E-state index contributed by atoms with van der Waals surface area (Å²) in [5, 5.41) is 50.3. The summed E-state index contributed by atoms with van der Waals surface area (Å²) in [5.74, 6) is -1.51. The highest BCUT2D eigenvalue weighted by Crippen LogP contribution is 2.43. The average Bonchev–Trinajstić information content (AvgIpc) is 3.14. The summed E-state index contributed by atoms with van der Waals surface area (Å²) in [6.45, 7) is 4.73. The Labute approximate surface area is 226 Å². The van der Waals surface area contributed by atoms with Gasteiger partial charge < -0.3 is 39.7 Å². The number of ether oxygens (including phenoxy) is 3. The molecule has 4 rings (SSSR count). The molecule has 3 unspecified atom stereocenters. The van der Waals surface area contributed by atoms with Gasteiger partial charge in [0.15, 0.2) is 18.2 Å². The fourth-order valence-corrected chi connectivity index (χ4v) is 5.31. The van der Waals surface area contributed by atoms with Crippen molar-refractivity contribution in [2.45, 2.75) is 64.0 Å². The molecule has 1 heterocycles. The summed E-state index contributed by atoms with van der Waals surface area (Å²) in [7, 11) is 0. The Balaban J connectivity index is 1.50. The summed E-state index contributed by atoms with van der Waals surface area (Å²) in [6, 6.07) is 7.91. The number of aliphatic hydroxyl groups is 4. The molecule has 210 valence electrons. The number of esters is 1. The van der Waals surface area contributed by atoms with Gasteiger partial charge in [-0.2, -0.15) is 0 Å². The van der Waals surface area contributed by atoms with E-state index >= 15 is 0 Å². The van der Waals surface area contributed by atoms with Gasteiger partial charge >= 0.3 is 5.97 Å². The van der Waals surface area contributed by atoms with Gasteiger partial charge in [0.25, 0.3) is 0 Å². The molecule has 0 amide bonds. The van der Waals surface area contributed by atoms with Gasteiger partial charge in [0, 0.05) is 18.2 Å². The van der Waals surface area contributed by atoms with Crippen molar-refractivity contribution in [3.8, 4) is 5.75 Å². The minimum atomic E-state index is -1.64. The highest BCUT2D eigenvalue weighted by atomic mass is 16.7. The molecule has 10 heteroatoms. The van der Waals surface area contributed by atoms with Gasteiger partial charge in [0.2, 0.25) is 0 Å². The Hall–Kier alpha value is -3.12. The average molecular weight is 543 g/mol. The smallest absolute Gasteiger partial charge is 0.331 e. The number of aryl methyl sites for hydroxylation is 1. The van der Waals surface area contributed by atoms with E-state index in [1.54, 1.807) is 19.1 Å². The molecule has 2 aromatic carbocycles. The fraction of sp³-hybridized carbons (Fsp3) is 0.448. The summed E-state index contributed by atoms with van der Waals surface area (Å²) in [5.41, 5.74) is 4.31. The highest BCUT2D eigenvalue weighted by molar-refractivity contribution is 6.04. The Morgan fingerprint density at radius 2 is 1.79 bits per heavy atom. The number of hydrogen-bond donors (Lipinski definition) is 5. The van der Waals surface area contributed by atoms with Gasteiger partial charge in [-0.1, -0.05) is 25.1 Å². The summed E-state index contributed by atoms with van der Waals surface area (Å²) in [4.78, 5) is 25.6. The number of benzene rings is 2. The number of aliphatic hydroxyl groups excluding tert-OH is 4. The van der Waals surface area contributed by atoms with E-state index in [0.29, 0.717) is 23.1 Å². The van der Waals surface area contributed by atoms with Crippen LogP contribution in [0.5, 0.6) is 5.75 Å². The van der Waals surface area contributed by atoms with Crippen molar-refractivity contribution in [3.05, 3.63) is 69.8 Å². The van der Waals surface area contributed by atoms with Gasteiger partial charge in [-0.05, 0) is 66.3 Å². The SMILES string of the molecule is Cc1cc2c(c(C)c1CCO)C(=O)[C@H](C)[C@@H]2O[C@@H]1OC(CO)[C@@H](OC(=O)/C=C/c2ccc(O)cc2)C(O)C1O. The maximum absolute atomic E-state index is 13.1. The number of phenols is 1. The number of ketones is 1. The molecule has 39 heavy (non-hydrogen) atoms. The second kappa shape index (κ2) is 12.0. The van der Waals surface area contributed by atoms with Crippen LogP contribution in [0.1, 0.15) is 51.2 Å². The topological polar surface area (TPSA) is 163 Å². The predicted octanol–water partition coefficient (Wildman–Crippen LogP) is 1.50. The first-order valence-electron chi connectivity index (χ1n) is 12.8. The number of carbonyl (C=O) groups excluding carboxylic acids is 2. The van der Waals surface area contributed by atoms with E-state index in [0.717, 1.165) is 22.8 Å². The number of carbonyl (C=O) groups is 2. The van der Waals surface area contributed by atoms with Gasteiger partial charge in [-0.15, -0.1) is 0 Å². The van der Waals surface area contributed by atoms with Crippen molar-refractivity contribution >= 4 is 17.8 Å². The van der Waals surface area contributed by atoms with Crippen LogP contribution < -0.4 is 0 Å². The minimum Gasteiger partial charge on any atom is -0.508 e. The first-order chi connectivity index (χ1) is 18.6. The molecule has 0 aromatic heterocycles. The molecule has 1 fully saturated rings. The summed E-state index contributed by atoms with van der Waals surface area (Å²) in [6.07, 6.45) is -5.11. The molecule has 0 saturated carbocycles. The molecule has 0 spiro atoms. The third-order valence-corrected chi connectivity index (χ3v) is 7.41. The van der Waals surface area contributed by atoms with E-state index in [2.05, 4.69) is 0 Å². The standard InChI is InChI=1S/C29H34O10/c1-14-12-20-23(15(2)19(14)10-11-30)24(34)16(3)27(20)39-29-26(36)25(35)28(21(13-31)37-29)38-22(33)9-6-17-4-7-18(32)8-5-17/h4-9,12,16,21,25-32,35-36H,10-11,13H2,1-3H3/b9-6+/t16-,21?,25?,26?,27-,28+,29-/m0/s1. The highest BCUT2D eigenvalue weighted by Gasteiger charge is 2.49. The van der Waals surface area contributed by atoms with Crippen molar-refractivity contribution in [3.63, 3.8) is 0 Å². The first kappa shape index (κ1) is 28.9. The summed E-state index contributed by atoms with van der Waals surface area (Å²) >= 11 is 0. The monoisotopic (exact) mass is 542 g/mol. The lowest BCUT2D eigenvalue weighted by molar-refractivity contribution is -0.315. The Morgan fingerprint density at radius 1 is 1.10 bits per heavy atom. The van der Waals surface area contributed by atoms with Crippen molar-refractivity contribution in [1.29, 1.82) is 0 Å². The number of rotatable bonds is 8. The van der Waals surface area contributed by atoms with Crippen LogP contribution in [0.4, 0.5) is 0 Å². The molecule has 1 saturated heterocycles. The maximum atomic E-state index is 13.1. The molecule has 1 aliphatic heterocycles. The molecule has 5 N–H and O–H groups in total. The van der Waals surface area contributed by atoms with E-state index in [4.69, 9.17) is 14.2 Å². The van der Waals surface area contributed by atoms with E-state index < -0.39 is 55.3 Å². The molecule has 2 aromatic rings. The summed E-state index contributed by atoms with van der Waals surface area (Å²) < 4.78 is 17.1. The van der Waals surface area contributed by atoms with Crippen molar-refractivity contribution in [1.82, 2.24) is 0 Å². The number of hydrogen-bond acceptors (Lipinski definition) is 10. The van der Waals surface area contributed by atoms with Crippen LogP contribution >= 0.6 is 0 Å². The quantitative estimate of drug-likeness (QED) is 0.244. The normalized spacial score (nSPS) is 28.6. The van der Waals surface area contributed by atoms with E-state index in [9.17, 15) is 35.1 Å². The molecule has 0 radical (unpaired) electrons. The number of Topliss-reactive ketones (excluding diaryl/α,β-unsaturated/α-hetero) is 1. The lowest BCUT2D eigenvalue weighted by atomic mass is 9.92. The van der Waals surface area contributed by atoms with Crippen LogP contribution in [0.25, 0.3) is 6.08 Å². The lowest BCUT2D eigenvalue weighted by Crippen LogP contribution is -2.60. The molecule has 1 aliphatic carbocycles. The van der Waals surface area contributed by atoms with Crippen LogP contribution in [-0.4, -0.2) is 81.2 Å². The van der Waals surface area contributed by atoms with E-state index in [-0.39, 0.29) is 18.1 Å². The number of phenolic OH excluding ortho intramolecular Hbond substituents is 1. The fourth-order valence-electron chi connectivity index (χ4n) is 5.31. The van der Waals surface area contributed by atoms with Crippen LogP contribution in [0.3, 0.4) is 0 Å². The molecular formula is C29H34O10. The zero-order valence-corrected chi connectivity index (χ0v) is 22.0. The van der Waals surface area contributed by atoms with Gasteiger partial charge in [-0.3, -0.25) is 4.79 Å². The molecule has 10 nitrogen and oxygen atoms in total. The lowest BCUT2D eigenvalue weighted by Gasteiger charge is -2.42. The Kier molecular flexibility index (Phi) is 8.85. The van der Waals surface area contributed by atoms with Crippen molar-refractivity contribution in [2.24, 2.45) is 5.92 Å². The van der Waals surface area contributed by atoms with Gasteiger partial charge in [0.05, 0.1) is 18.6 Å². The van der Waals surface area contributed by atoms with Gasteiger partial charge in [0.1, 0.15) is 24.1 Å². The second-order valence-corrected chi connectivity index (χ2v) is 9.98. The third kappa shape index (κ3) is 5.76. The van der Waals surface area contributed by atoms with Gasteiger partial charge in [-0.25, -0.2) is 4.79 Å². The number of aromatic hydroxyl groups is 1. The number of fused-ring (bicyclic) bond motifs is 1. The second-order valence-electron chi connectivity index (χ2n) is 9.98. The zero-order valence-electron chi connectivity index (χ0n) is 22.0. The van der Waals surface area contributed by atoms with Crippen LogP contribution in [-0.2, 0) is 25.4 Å². The van der Waals surface area contributed by atoms with E-state index in [1.165, 1.54) is 18.2 Å². The van der Waals surface area contributed by atoms with Crippen LogP contribution in [0.2, 0.25) is 0 Å². The Morgan fingerprint density at radius 3 is 2.44 bits per heavy atom. The first-order valence-corrected chi connectivity index (χ1v) is 12.8. The zero-order chi connectivity index (χ0) is 28.4. The molecule has 0 bridgehead atoms. The van der Waals surface area contributed by atoms with Crippen molar-refractivity contribution < 1.29 is 49.3 Å². The van der Waals surface area contributed by atoms with Crippen molar-refractivity contribution in [2.75, 3.05) is 13.2 Å². The minimum absolute atomic E-state index is 0.0506.